The Morgan fingerprint density at radius 1 is 0.931 bits per heavy atom. The minimum Gasteiger partial charge on any atom is -0.493 e. The number of carbonyl (C=O) groups excluding carboxylic acids is 1. The molecule has 3 aliphatic rings. The molecule has 0 N–H and O–H groups in total. The second kappa shape index (κ2) is 8.59. The van der Waals surface area contributed by atoms with Crippen molar-refractivity contribution in [3.05, 3.63) is 29.8 Å². The van der Waals surface area contributed by atoms with E-state index in [-0.39, 0.29) is 5.91 Å². The lowest BCUT2D eigenvalue weighted by atomic mass is 10.2. The monoisotopic (exact) mass is 422 g/mol. The predicted octanol–water partition coefficient (Wildman–Crippen LogP) is 0.725. The van der Waals surface area contributed by atoms with Crippen LogP contribution in [0.15, 0.2) is 24.3 Å². The molecule has 1 saturated carbocycles. The average molecular weight is 423 g/mol. The van der Waals surface area contributed by atoms with E-state index < -0.39 is 10.2 Å². The maximum Gasteiger partial charge on any atom is 0.282 e. The summed E-state index contributed by atoms with van der Waals surface area (Å²) in [5, 5.41) is 0. The summed E-state index contributed by atoms with van der Waals surface area (Å²) in [6, 6.07) is 7.25. The Bertz CT molecular complexity index is 809. The van der Waals surface area contributed by atoms with Gasteiger partial charge in [-0.05, 0) is 50.1 Å². The van der Waals surface area contributed by atoms with Gasteiger partial charge in [-0.15, -0.1) is 0 Å². The van der Waals surface area contributed by atoms with Gasteiger partial charge in [-0.2, -0.15) is 17.0 Å². The smallest absolute Gasteiger partial charge is 0.282 e. The number of nitrogens with zero attached hydrogens (tertiary/aromatic N) is 4. The molecule has 2 aliphatic heterocycles. The molecule has 1 amide bonds. The van der Waals surface area contributed by atoms with Crippen LogP contribution in [0.4, 0.5) is 0 Å². The van der Waals surface area contributed by atoms with E-state index in [1.54, 1.807) is 21.3 Å². The van der Waals surface area contributed by atoms with E-state index in [1.165, 1.54) is 17.1 Å². The van der Waals surface area contributed by atoms with E-state index in [0.717, 1.165) is 25.4 Å². The first-order valence-corrected chi connectivity index (χ1v) is 11.8. The molecule has 1 aliphatic carbocycles. The molecule has 1 aromatic carbocycles. The van der Waals surface area contributed by atoms with Gasteiger partial charge in [0.15, 0.2) is 0 Å². The van der Waals surface area contributed by atoms with Crippen molar-refractivity contribution in [1.29, 1.82) is 0 Å². The molecule has 0 aromatic heterocycles. The summed E-state index contributed by atoms with van der Waals surface area (Å²) in [4.78, 5) is 16.6. The first-order chi connectivity index (χ1) is 13.9. The van der Waals surface area contributed by atoms with Crippen LogP contribution in [-0.2, 0) is 10.2 Å². The van der Waals surface area contributed by atoms with E-state index in [4.69, 9.17) is 4.74 Å². The van der Waals surface area contributed by atoms with E-state index >= 15 is 0 Å². The molecule has 2 heterocycles. The van der Waals surface area contributed by atoms with Gasteiger partial charge in [0, 0.05) is 57.9 Å². The summed E-state index contributed by atoms with van der Waals surface area (Å²) in [5.74, 6) is 1.42. The van der Waals surface area contributed by atoms with Gasteiger partial charge >= 0.3 is 0 Å². The predicted molar refractivity (Wildman–Crippen MR) is 110 cm³/mol. The van der Waals surface area contributed by atoms with E-state index in [2.05, 4.69) is 4.90 Å². The average Bonchev–Trinajstić information content (AvgIpc) is 3.57. The summed E-state index contributed by atoms with van der Waals surface area (Å²) < 4.78 is 34.5. The molecule has 9 heteroatoms. The summed E-state index contributed by atoms with van der Waals surface area (Å²) in [7, 11) is -1.45. The fraction of sp³-hybridized carbons (Fsp3) is 0.650. The van der Waals surface area contributed by atoms with Gasteiger partial charge in [0.25, 0.3) is 16.1 Å². The van der Waals surface area contributed by atoms with Gasteiger partial charge < -0.3 is 14.5 Å². The first-order valence-electron chi connectivity index (χ1n) is 10.4. The molecule has 0 radical (unpaired) electrons. The largest absolute Gasteiger partial charge is 0.493 e. The zero-order chi connectivity index (χ0) is 20.4. The third-order valence-electron chi connectivity index (χ3n) is 5.92. The minimum atomic E-state index is -3.45. The lowest BCUT2D eigenvalue weighted by Crippen LogP contribution is -2.57. The molecule has 0 bridgehead atoms. The summed E-state index contributed by atoms with van der Waals surface area (Å²) in [6.45, 7) is 4.77. The van der Waals surface area contributed by atoms with Crippen molar-refractivity contribution < 1.29 is 17.9 Å². The maximum absolute atomic E-state index is 12.9. The Balaban J connectivity index is 1.30. The number of likely N-dealkylation sites (N-methyl/N-ethyl adjacent to an activating group) is 1. The van der Waals surface area contributed by atoms with Crippen molar-refractivity contribution >= 4 is 16.1 Å². The van der Waals surface area contributed by atoms with Crippen LogP contribution in [-0.4, -0.2) is 98.7 Å². The molecule has 8 nitrogen and oxygen atoms in total. The van der Waals surface area contributed by atoms with Crippen LogP contribution in [0, 0.1) is 5.92 Å². The molecule has 0 atom stereocenters. The van der Waals surface area contributed by atoms with Gasteiger partial charge in [0.2, 0.25) is 0 Å². The number of benzene rings is 1. The number of carbonyl (C=O) groups is 1. The van der Waals surface area contributed by atoms with Gasteiger partial charge in [0.05, 0.1) is 6.61 Å². The highest BCUT2D eigenvalue weighted by Crippen LogP contribution is 2.29. The summed E-state index contributed by atoms with van der Waals surface area (Å²) in [6.07, 6.45) is 2.49. The van der Waals surface area contributed by atoms with E-state index in [1.807, 2.05) is 19.2 Å². The number of rotatable bonds is 6. The fourth-order valence-electron chi connectivity index (χ4n) is 3.68. The third kappa shape index (κ3) is 4.91. The SMILES string of the molecule is CN1CCN(S(=O)(=O)N2CCN(C(=O)c3ccc(OCC4CC4)cc3)CC2)CC1. The Morgan fingerprint density at radius 2 is 1.48 bits per heavy atom. The quantitative estimate of drug-likeness (QED) is 0.676. The first kappa shape index (κ1) is 20.6. The van der Waals surface area contributed by atoms with Crippen molar-refractivity contribution in [3.8, 4) is 5.75 Å². The maximum atomic E-state index is 12.9. The zero-order valence-electron chi connectivity index (χ0n) is 17.0. The standard InChI is InChI=1S/C20H30N4O4S/c1-21-8-12-23(13-9-21)29(26,27)24-14-10-22(11-15-24)20(25)18-4-6-19(7-5-18)28-16-17-2-3-17/h4-7,17H,2-3,8-16H2,1H3. The second-order valence-corrected chi connectivity index (χ2v) is 10.1. The molecule has 2 saturated heterocycles. The topological polar surface area (TPSA) is 73.4 Å². The van der Waals surface area contributed by atoms with Gasteiger partial charge in [-0.25, -0.2) is 0 Å². The third-order valence-corrected chi connectivity index (χ3v) is 7.96. The van der Waals surface area contributed by atoms with Gasteiger partial charge in [-0.1, -0.05) is 0 Å². The zero-order valence-corrected chi connectivity index (χ0v) is 17.8. The molecule has 0 unspecified atom stereocenters. The molecule has 4 rings (SSSR count). The molecule has 29 heavy (non-hydrogen) atoms. The molecule has 1 aromatic rings. The number of hydrogen-bond acceptors (Lipinski definition) is 5. The Morgan fingerprint density at radius 3 is 2.03 bits per heavy atom. The van der Waals surface area contributed by atoms with Crippen LogP contribution in [0.5, 0.6) is 5.75 Å². The van der Waals surface area contributed by atoms with Gasteiger partial charge in [0.1, 0.15) is 5.75 Å². The molecule has 3 fully saturated rings. The van der Waals surface area contributed by atoms with E-state index in [9.17, 15) is 13.2 Å². The number of hydrogen-bond donors (Lipinski definition) is 0. The number of piperazine rings is 2. The highest BCUT2D eigenvalue weighted by atomic mass is 32.2. The van der Waals surface area contributed by atoms with Crippen molar-refractivity contribution in [2.75, 3.05) is 66.0 Å². The van der Waals surface area contributed by atoms with Crippen LogP contribution >= 0.6 is 0 Å². The van der Waals surface area contributed by atoms with Gasteiger partial charge in [-0.3, -0.25) is 4.79 Å². The normalized spacial score (nSPS) is 22.6. The lowest BCUT2D eigenvalue weighted by Gasteiger charge is -2.39. The lowest BCUT2D eigenvalue weighted by molar-refractivity contribution is 0.0692. The highest BCUT2D eigenvalue weighted by Gasteiger charge is 2.34. The summed E-state index contributed by atoms with van der Waals surface area (Å²) >= 11 is 0. The van der Waals surface area contributed by atoms with Crippen molar-refractivity contribution in [3.63, 3.8) is 0 Å². The van der Waals surface area contributed by atoms with Crippen LogP contribution in [0.3, 0.4) is 0 Å². The van der Waals surface area contributed by atoms with Crippen LogP contribution in [0.1, 0.15) is 23.2 Å². The molecular weight excluding hydrogens is 392 g/mol. The Kier molecular flexibility index (Phi) is 6.10. The Hall–Kier alpha value is -1.68. The number of amides is 1. The van der Waals surface area contributed by atoms with Crippen molar-refractivity contribution in [2.45, 2.75) is 12.8 Å². The van der Waals surface area contributed by atoms with Crippen LogP contribution < -0.4 is 4.74 Å². The van der Waals surface area contributed by atoms with E-state index in [0.29, 0.717) is 50.7 Å². The van der Waals surface area contributed by atoms with Crippen molar-refractivity contribution in [2.24, 2.45) is 5.92 Å². The molecular formula is C20H30N4O4S. The summed E-state index contributed by atoms with van der Waals surface area (Å²) in [5.41, 5.74) is 0.610. The molecule has 160 valence electrons. The molecule has 0 spiro atoms. The van der Waals surface area contributed by atoms with Crippen LogP contribution in [0.25, 0.3) is 0 Å². The highest BCUT2D eigenvalue weighted by molar-refractivity contribution is 7.86. The minimum absolute atomic E-state index is 0.0598. The van der Waals surface area contributed by atoms with Crippen molar-refractivity contribution in [1.82, 2.24) is 18.4 Å². The fourth-order valence-corrected chi connectivity index (χ4v) is 5.26. The van der Waals surface area contributed by atoms with Crippen LogP contribution in [0.2, 0.25) is 0 Å². The Labute approximate surface area is 173 Å². The second-order valence-electron chi connectivity index (χ2n) is 8.18. The number of ether oxygens (including phenoxy) is 1.